The highest BCUT2D eigenvalue weighted by Gasteiger charge is 2.05. The van der Waals surface area contributed by atoms with Crippen molar-refractivity contribution in [3.8, 4) is 0 Å². The number of nitrogens with two attached hydrogens (primary N) is 1. The van der Waals surface area contributed by atoms with Crippen LogP contribution < -0.4 is 5.73 Å². The second-order valence-corrected chi connectivity index (χ2v) is 4.24. The Labute approximate surface area is 56.2 Å². The van der Waals surface area contributed by atoms with Crippen molar-refractivity contribution >= 4 is 9.84 Å². The highest BCUT2D eigenvalue weighted by atomic mass is 32.2. The van der Waals surface area contributed by atoms with Gasteiger partial charge in [-0.15, -0.1) is 0 Å². The van der Waals surface area contributed by atoms with Crippen molar-refractivity contribution < 1.29 is 8.42 Å². The normalized spacial score (nSPS) is 11.8. The van der Waals surface area contributed by atoms with Crippen LogP contribution in [0.3, 0.4) is 0 Å². The smallest absolute Gasteiger partial charge is 0.151 e. The molecule has 0 radical (unpaired) electrons. The van der Waals surface area contributed by atoms with Crippen LogP contribution in [0, 0.1) is 0 Å². The van der Waals surface area contributed by atoms with Crippen LogP contribution in [-0.4, -0.2) is 26.5 Å². The van der Waals surface area contributed by atoms with Gasteiger partial charge in [0.25, 0.3) is 0 Å². The third kappa shape index (κ3) is 4.42. The van der Waals surface area contributed by atoms with E-state index in [4.69, 9.17) is 5.73 Å². The molecule has 9 heavy (non-hydrogen) atoms. The summed E-state index contributed by atoms with van der Waals surface area (Å²) >= 11 is 0. The molecule has 0 aliphatic rings. The fraction of sp³-hybridized carbons (Fsp3) is 1.00. The van der Waals surface area contributed by atoms with Crippen molar-refractivity contribution in [1.29, 1.82) is 0 Å². The van der Waals surface area contributed by atoms with Gasteiger partial charge in [0.15, 0.2) is 9.84 Å². The molecule has 0 aromatic rings. The minimum Gasteiger partial charge on any atom is -0.329 e. The molecule has 0 aliphatic carbocycles. The molecule has 0 heterocycles. The molecule has 0 aliphatic heterocycles. The van der Waals surface area contributed by atoms with Crippen LogP contribution in [0.25, 0.3) is 0 Å². The van der Waals surface area contributed by atoms with E-state index in [0.717, 1.165) is 0 Å². The maximum Gasteiger partial charge on any atom is 0.151 e. The van der Waals surface area contributed by atoms with Crippen molar-refractivity contribution in [2.75, 3.05) is 18.1 Å². The molecule has 0 saturated heterocycles. The number of hydrogen-bond acceptors (Lipinski definition) is 3. The zero-order valence-electron chi connectivity index (χ0n) is 5.63. The zero-order valence-corrected chi connectivity index (χ0v) is 6.45. The largest absolute Gasteiger partial charge is 0.329 e. The van der Waals surface area contributed by atoms with Gasteiger partial charge in [-0.1, -0.05) is 6.92 Å². The Balaban J connectivity index is 3.73. The lowest BCUT2D eigenvalue weighted by atomic mass is 10.6. The van der Waals surface area contributed by atoms with Crippen molar-refractivity contribution in [1.82, 2.24) is 0 Å². The van der Waals surface area contributed by atoms with Gasteiger partial charge >= 0.3 is 0 Å². The van der Waals surface area contributed by atoms with Gasteiger partial charge in [-0.3, -0.25) is 0 Å². The second-order valence-electron chi connectivity index (χ2n) is 1.94. The average Bonchev–Trinajstić information content (AvgIpc) is 1.64. The highest BCUT2D eigenvalue weighted by Crippen LogP contribution is 1.90. The lowest BCUT2D eigenvalue weighted by molar-refractivity contribution is 0.594. The first kappa shape index (κ1) is 8.91. The Kier molecular flexibility index (Phi) is 3.81. The molecular weight excluding hydrogens is 138 g/mol. The van der Waals surface area contributed by atoms with E-state index in [9.17, 15) is 8.42 Å². The number of hydrogen-bond donors (Lipinski definition) is 1. The van der Waals surface area contributed by atoms with Crippen LogP contribution in [0.1, 0.15) is 13.3 Å². The van der Waals surface area contributed by atoms with Gasteiger partial charge in [-0.2, -0.15) is 0 Å². The first-order chi connectivity index (χ1) is 4.12. The molecule has 0 amide bonds. The molecule has 0 saturated carbocycles. The van der Waals surface area contributed by atoms with Crippen LogP contribution >= 0.6 is 0 Å². The van der Waals surface area contributed by atoms with Crippen LogP contribution in [0.2, 0.25) is 0 Å². The zero-order chi connectivity index (χ0) is 7.33. The lowest BCUT2D eigenvalue weighted by Gasteiger charge is -1.96. The van der Waals surface area contributed by atoms with E-state index in [2.05, 4.69) is 0 Å². The lowest BCUT2D eigenvalue weighted by Crippen LogP contribution is -2.17. The summed E-state index contributed by atoms with van der Waals surface area (Å²) in [7, 11) is -2.81. The summed E-state index contributed by atoms with van der Waals surface area (Å²) in [5.74, 6) is 0.394. The summed E-state index contributed by atoms with van der Waals surface area (Å²) in [5, 5.41) is 0. The SMILES string of the molecule is CCCS(=O)(=O)CCN. The molecule has 0 atom stereocenters. The Morgan fingerprint density at radius 2 is 1.89 bits per heavy atom. The quantitative estimate of drug-likeness (QED) is 0.603. The molecule has 0 aromatic heterocycles. The van der Waals surface area contributed by atoms with E-state index in [-0.39, 0.29) is 18.1 Å². The molecular formula is C5H13NO2S. The monoisotopic (exact) mass is 151 g/mol. The number of rotatable bonds is 4. The van der Waals surface area contributed by atoms with E-state index in [1.165, 1.54) is 0 Å². The third-order valence-electron chi connectivity index (χ3n) is 0.944. The van der Waals surface area contributed by atoms with E-state index in [0.29, 0.717) is 6.42 Å². The maximum absolute atomic E-state index is 10.8. The van der Waals surface area contributed by atoms with E-state index in [1.54, 1.807) is 0 Å². The van der Waals surface area contributed by atoms with Crippen molar-refractivity contribution in [3.63, 3.8) is 0 Å². The van der Waals surface area contributed by atoms with Crippen LogP contribution in [-0.2, 0) is 9.84 Å². The summed E-state index contributed by atoms with van der Waals surface area (Å²) in [6.07, 6.45) is 0.683. The molecule has 0 rings (SSSR count). The molecule has 4 heteroatoms. The summed E-state index contributed by atoms with van der Waals surface area (Å²) in [6, 6.07) is 0. The van der Waals surface area contributed by atoms with E-state index in [1.807, 2.05) is 6.92 Å². The fourth-order valence-corrected chi connectivity index (χ4v) is 1.78. The van der Waals surface area contributed by atoms with E-state index >= 15 is 0 Å². The van der Waals surface area contributed by atoms with Gasteiger partial charge in [0, 0.05) is 12.3 Å². The van der Waals surface area contributed by atoms with Gasteiger partial charge < -0.3 is 5.73 Å². The Hall–Kier alpha value is -0.0900. The summed E-state index contributed by atoms with van der Waals surface area (Å²) in [5.41, 5.74) is 5.07. The van der Waals surface area contributed by atoms with Gasteiger partial charge in [0.05, 0.1) is 5.75 Å². The molecule has 0 aromatic carbocycles. The molecule has 0 bridgehead atoms. The fourth-order valence-electron chi connectivity index (χ4n) is 0.593. The minimum atomic E-state index is -2.81. The second kappa shape index (κ2) is 3.85. The van der Waals surface area contributed by atoms with Crippen LogP contribution in [0.5, 0.6) is 0 Å². The highest BCUT2D eigenvalue weighted by molar-refractivity contribution is 7.91. The van der Waals surface area contributed by atoms with Crippen LogP contribution in [0.4, 0.5) is 0 Å². The summed E-state index contributed by atoms with van der Waals surface area (Å²) < 4.78 is 21.5. The molecule has 2 N–H and O–H groups in total. The standard InChI is InChI=1S/C5H13NO2S/c1-2-4-9(7,8)5-3-6/h2-6H2,1H3. The Bertz CT molecular complexity index is 138. The predicted octanol–water partition coefficient (Wildman–Crippen LogP) is -0.230. The maximum atomic E-state index is 10.8. The number of sulfone groups is 1. The third-order valence-corrected chi connectivity index (χ3v) is 2.83. The van der Waals surface area contributed by atoms with Gasteiger partial charge in [-0.05, 0) is 6.42 Å². The molecule has 56 valence electrons. The molecule has 3 nitrogen and oxygen atoms in total. The topological polar surface area (TPSA) is 60.2 Å². The Morgan fingerprint density at radius 3 is 2.22 bits per heavy atom. The average molecular weight is 151 g/mol. The van der Waals surface area contributed by atoms with Gasteiger partial charge in [0.1, 0.15) is 0 Å². The summed E-state index contributed by atoms with van der Waals surface area (Å²) in [4.78, 5) is 0. The van der Waals surface area contributed by atoms with Crippen molar-refractivity contribution in [2.24, 2.45) is 5.73 Å². The van der Waals surface area contributed by atoms with Crippen molar-refractivity contribution in [3.05, 3.63) is 0 Å². The minimum absolute atomic E-state index is 0.126. The van der Waals surface area contributed by atoms with Gasteiger partial charge in [-0.25, -0.2) is 8.42 Å². The Morgan fingerprint density at radius 1 is 1.33 bits per heavy atom. The van der Waals surface area contributed by atoms with Crippen LogP contribution in [0.15, 0.2) is 0 Å². The molecule has 0 fully saturated rings. The first-order valence-corrected chi connectivity index (χ1v) is 4.85. The van der Waals surface area contributed by atoms with E-state index < -0.39 is 9.84 Å². The van der Waals surface area contributed by atoms with Gasteiger partial charge in [0.2, 0.25) is 0 Å². The molecule has 0 unspecified atom stereocenters. The predicted molar refractivity (Wildman–Crippen MR) is 38.0 cm³/mol. The first-order valence-electron chi connectivity index (χ1n) is 3.03. The summed E-state index contributed by atoms with van der Waals surface area (Å²) in [6.45, 7) is 2.08. The van der Waals surface area contributed by atoms with Crippen molar-refractivity contribution in [2.45, 2.75) is 13.3 Å². The molecule has 0 spiro atoms.